The molecule has 3 aliphatic heterocycles. The minimum atomic E-state index is -5.00. The van der Waals surface area contributed by atoms with Crippen molar-refractivity contribution in [3.8, 4) is 0 Å². The van der Waals surface area contributed by atoms with Gasteiger partial charge in [-0.1, -0.05) is 40.9 Å². The van der Waals surface area contributed by atoms with Crippen LogP contribution in [0.5, 0.6) is 0 Å². The lowest BCUT2D eigenvalue weighted by Crippen LogP contribution is -2.37. The van der Waals surface area contributed by atoms with E-state index in [-0.39, 0.29) is 42.4 Å². The zero-order chi connectivity index (χ0) is 40.7. The number of aliphatic hydroxyl groups is 1. The molecule has 4 heterocycles. The first-order chi connectivity index (χ1) is 26.6. The van der Waals surface area contributed by atoms with Gasteiger partial charge < -0.3 is 51.5 Å². The molecule has 3 saturated heterocycles. The standard InChI is InChI=1S/C30H51N7O14P2S3/c31-22-9-13-37(30(42)35-22)28-26(40)27(20(50-28)17-49-52(43,44)45)51-53(46,47)48-14-6-2-1-5-11-32-24(39)10-15-55-56-16-12-33-23(38)8-4-3-7-21-25-19(18-54-21)34-29(41)36-25/h9,13,19-21,25-28,40H,1-8,10-12,14-18H2,(H,32,39)(H,33,38)(H,46,47)(H2,31,35,42)(H2,34,36,41)(H2,43,44,45)/t19-,20+,21-,25-,26+,27+,28+/m0/s1. The van der Waals surface area contributed by atoms with Gasteiger partial charge in [0.2, 0.25) is 11.8 Å². The molecule has 21 nitrogen and oxygen atoms in total. The second-order valence-electron chi connectivity index (χ2n) is 13.1. The number of ether oxygens (including phenoxy) is 1. The van der Waals surface area contributed by atoms with Crippen molar-refractivity contribution in [2.45, 2.75) is 99.7 Å². The highest BCUT2D eigenvalue weighted by Gasteiger charge is 2.50. The van der Waals surface area contributed by atoms with Gasteiger partial charge in [0.1, 0.15) is 24.1 Å². The highest BCUT2D eigenvalue weighted by Crippen LogP contribution is 2.49. The minimum Gasteiger partial charge on any atom is -0.386 e. The molecule has 0 saturated carbocycles. The van der Waals surface area contributed by atoms with Crippen LogP contribution in [0.3, 0.4) is 0 Å². The fourth-order valence-electron chi connectivity index (χ4n) is 6.11. The molecule has 4 rings (SSSR count). The van der Waals surface area contributed by atoms with E-state index < -0.39 is 52.5 Å². The number of amides is 4. The molecule has 3 fully saturated rings. The normalized spacial score (nSPS) is 25.6. The minimum absolute atomic E-state index is 0.0290. The van der Waals surface area contributed by atoms with Gasteiger partial charge in [0.25, 0.3) is 0 Å². The molecule has 0 aromatic carbocycles. The molecule has 10 N–H and O–H groups in total. The van der Waals surface area contributed by atoms with Crippen LogP contribution in [0.25, 0.3) is 0 Å². The zero-order valence-electron chi connectivity index (χ0n) is 30.5. The Bertz CT molecular complexity index is 1610. The summed E-state index contributed by atoms with van der Waals surface area (Å²) in [5, 5.41) is 22.9. The van der Waals surface area contributed by atoms with Crippen molar-refractivity contribution in [1.82, 2.24) is 30.8 Å². The van der Waals surface area contributed by atoms with Crippen molar-refractivity contribution < 1.29 is 61.6 Å². The summed E-state index contributed by atoms with van der Waals surface area (Å²) < 4.78 is 44.9. The molecule has 4 amide bonds. The van der Waals surface area contributed by atoms with E-state index in [0.717, 1.165) is 41.5 Å². The molecule has 1 aromatic rings. The van der Waals surface area contributed by atoms with Crippen molar-refractivity contribution in [2.75, 3.05) is 49.3 Å². The first-order valence-electron chi connectivity index (χ1n) is 18.1. The van der Waals surface area contributed by atoms with Crippen LogP contribution in [-0.4, -0.2) is 126 Å². The van der Waals surface area contributed by atoms with Crippen molar-refractivity contribution in [3.63, 3.8) is 0 Å². The number of carbonyl (C=O) groups is 3. The molecule has 3 aliphatic rings. The van der Waals surface area contributed by atoms with E-state index in [1.54, 1.807) is 21.6 Å². The maximum atomic E-state index is 12.7. The average molecular weight is 892 g/mol. The number of aromatic nitrogens is 2. The number of fused-ring (bicyclic) bond motifs is 1. The van der Waals surface area contributed by atoms with Crippen molar-refractivity contribution in [2.24, 2.45) is 0 Å². The number of aliphatic hydroxyl groups excluding tert-OH is 1. The first-order valence-corrected chi connectivity index (χ1v) is 24.7. The number of urea groups is 1. The fourth-order valence-corrected chi connectivity index (χ4v) is 10.9. The van der Waals surface area contributed by atoms with Crippen LogP contribution in [0.15, 0.2) is 17.1 Å². The lowest BCUT2D eigenvalue weighted by molar-refractivity contribution is -0.121. The van der Waals surface area contributed by atoms with Gasteiger partial charge in [-0.3, -0.25) is 27.7 Å². The molecule has 1 unspecified atom stereocenters. The Morgan fingerprint density at radius 2 is 1.73 bits per heavy atom. The van der Waals surface area contributed by atoms with Crippen molar-refractivity contribution >= 4 is 72.7 Å². The first kappa shape index (κ1) is 46.8. The topological polar surface area (TPSA) is 312 Å². The van der Waals surface area contributed by atoms with Crippen LogP contribution in [0.2, 0.25) is 0 Å². The average Bonchev–Trinajstić information content (AvgIpc) is 3.78. The van der Waals surface area contributed by atoms with E-state index in [0.29, 0.717) is 62.6 Å². The van der Waals surface area contributed by atoms with E-state index in [9.17, 15) is 38.3 Å². The summed E-state index contributed by atoms with van der Waals surface area (Å²) in [4.78, 5) is 80.1. The van der Waals surface area contributed by atoms with E-state index in [2.05, 4.69) is 30.8 Å². The molecule has 0 spiro atoms. The SMILES string of the molecule is Nc1ccn([C@@H]2O[C@H](COP(=O)(O)O)[C@@H](OP(=O)(O)OCCCCCCNC(=O)CCSSCCNC(=O)CCCC[C@@H]3SC[C@@H]4NC(=O)N[C@@H]43)[C@H]2O)c(=O)n1. The number of hydrogen-bond donors (Lipinski definition) is 9. The van der Waals surface area contributed by atoms with Gasteiger partial charge >= 0.3 is 27.4 Å². The summed E-state index contributed by atoms with van der Waals surface area (Å²) in [5.41, 5.74) is 4.56. The number of hydrogen-bond acceptors (Lipinski definition) is 16. The van der Waals surface area contributed by atoms with E-state index in [1.807, 2.05) is 11.8 Å². The van der Waals surface area contributed by atoms with Crippen LogP contribution in [0.1, 0.15) is 64.0 Å². The van der Waals surface area contributed by atoms with Crippen LogP contribution < -0.4 is 32.7 Å². The van der Waals surface area contributed by atoms with Gasteiger partial charge in [0.05, 0.1) is 25.3 Å². The highest BCUT2D eigenvalue weighted by molar-refractivity contribution is 8.76. The number of phosphoric acid groups is 2. The Morgan fingerprint density at radius 1 is 1.00 bits per heavy atom. The molecule has 8 atom stereocenters. The molecule has 1 aromatic heterocycles. The number of thioether (sulfide) groups is 1. The van der Waals surface area contributed by atoms with Crippen molar-refractivity contribution in [3.05, 3.63) is 22.7 Å². The quantitative estimate of drug-likeness (QED) is 0.0271. The summed E-state index contributed by atoms with van der Waals surface area (Å²) in [6.45, 7) is -0.0375. The molecular weight excluding hydrogens is 841 g/mol. The molecular formula is C30H51N7O14P2S3. The number of anilines is 1. The largest absolute Gasteiger partial charge is 0.472 e. The summed E-state index contributed by atoms with van der Waals surface area (Å²) in [7, 11) is -6.68. The van der Waals surface area contributed by atoms with E-state index in [1.165, 1.54) is 6.07 Å². The van der Waals surface area contributed by atoms with Crippen molar-refractivity contribution in [1.29, 1.82) is 0 Å². The van der Waals surface area contributed by atoms with Crippen LogP contribution >= 0.6 is 49.0 Å². The lowest BCUT2D eigenvalue weighted by Gasteiger charge is -2.23. The van der Waals surface area contributed by atoms with Crippen LogP contribution in [0.4, 0.5) is 10.6 Å². The zero-order valence-corrected chi connectivity index (χ0v) is 34.7. The number of nitrogens with two attached hydrogens (primary N) is 1. The third kappa shape index (κ3) is 16.0. The van der Waals surface area contributed by atoms with E-state index in [4.69, 9.17) is 29.3 Å². The molecule has 0 radical (unpaired) electrons. The summed E-state index contributed by atoms with van der Waals surface area (Å²) >= 11 is 1.87. The number of carbonyl (C=O) groups excluding carboxylic acids is 3. The van der Waals surface area contributed by atoms with Gasteiger partial charge in [-0.15, -0.1) is 0 Å². The lowest BCUT2D eigenvalue weighted by atomic mass is 10.0. The molecule has 26 heteroatoms. The molecule has 318 valence electrons. The Hall–Kier alpha value is -1.92. The Kier molecular flexibility index (Phi) is 19.2. The predicted molar refractivity (Wildman–Crippen MR) is 209 cm³/mol. The molecule has 0 aliphatic carbocycles. The van der Waals surface area contributed by atoms with Gasteiger partial charge in [0.15, 0.2) is 6.23 Å². The summed E-state index contributed by atoms with van der Waals surface area (Å²) in [6.07, 6.45) is 0.542. The number of rotatable bonds is 26. The number of nitrogens with zero attached hydrogens (tertiary/aromatic N) is 2. The van der Waals surface area contributed by atoms with Crippen LogP contribution in [-0.2, 0) is 37.0 Å². The second kappa shape index (κ2) is 23.0. The number of nitrogens with one attached hydrogen (secondary N) is 4. The summed E-state index contributed by atoms with van der Waals surface area (Å²) in [5.74, 6) is 2.12. The predicted octanol–water partition coefficient (Wildman–Crippen LogP) is 0.985. The van der Waals surface area contributed by atoms with Gasteiger partial charge in [-0.25, -0.2) is 18.7 Å². The fraction of sp³-hybridized carbons (Fsp3) is 0.767. The second-order valence-corrected chi connectivity index (χ2v) is 19.8. The molecule has 56 heavy (non-hydrogen) atoms. The third-order valence-electron chi connectivity index (χ3n) is 8.83. The Morgan fingerprint density at radius 3 is 2.50 bits per heavy atom. The van der Waals surface area contributed by atoms with Gasteiger partial charge in [0, 0.05) is 54.6 Å². The number of nitrogen functional groups attached to an aromatic ring is 1. The maximum absolute atomic E-state index is 12.7. The highest BCUT2D eigenvalue weighted by atomic mass is 33.1. The van der Waals surface area contributed by atoms with Crippen LogP contribution in [0, 0.1) is 0 Å². The summed E-state index contributed by atoms with van der Waals surface area (Å²) in [6, 6.07) is 1.55. The Balaban J connectivity index is 0.982. The monoisotopic (exact) mass is 891 g/mol. The number of unbranched alkanes of at least 4 members (excludes halogenated alkanes) is 4. The Labute approximate surface area is 335 Å². The molecule has 0 bridgehead atoms. The van der Waals surface area contributed by atoms with E-state index >= 15 is 0 Å². The third-order valence-corrected chi connectivity index (χ3v) is 14.2. The maximum Gasteiger partial charge on any atom is 0.472 e. The number of phosphoric ester groups is 2. The van der Waals surface area contributed by atoms with Gasteiger partial charge in [-0.05, 0) is 31.7 Å². The smallest absolute Gasteiger partial charge is 0.386 e. The van der Waals surface area contributed by atoms with Gasteiger partial charge in [-0.2, -0.15) is 16.7 Å².